The highest BCUT2D eigenvalue weighted by atomic mass is 16.3. The van der Waals surface area contributed by atoms with Crippen molar-refractivity contribution in [3.63, 3.8) is 0 Å². The average Bonchev–Trinajstić information content (AvgIpc) is 2.45. The molecule has 0 unspecified atom stereocenters. The lowest BCUT2D eigenvalue weighted by molar-refractivity contribution is 0.461. The summed E-state index contributed by atoms with van der Waals surface area (Å²) < 4.78 is 0. The molecule has 2 aromatic carbocycles. The van der Waals surface area contributed by atoms with Crippen LogP contribution < -0.4 is 15.8 Å². The van der Waals surface area contributed by atoms with E-state index in [9.17, 15) is 14.7 Å². The molecule has 0 saturated heterocycles. The van der Waals surface area contributed by atoms with E-state index >= 15 is 0 Å². The standard InChI is InChI=1S/C15H11NO3/c1-16-10(8-11-13(17)15(19)14(11)18)7-6-9-4-2-3-5-12(9)16/h2-8,17H,1H3/b10-8+. The SMILES string of the molecule is CN1/C(=C/c2c(O)c(=O)c2=O)C=Cc2ccccc21. The van der Waals surface area contributed by atoms with Gasteiger partial charge in [0.2, 0.25) is 5.43 Å². The minimum atomic E-state index is -0.810. The van der Waals surface area contributed by atoms with Crippen LogP contribution in [0.5, 0.6) is 5.75 Å². The van der Waals surface area contributed by atoms with E-state index in [1.807, 2.05) is 48.4 Å². The van der Waals surface area contributed by atoms with E-state index in [0.29, 0.717) is 0 Å². The van der Waals surface area contributed by atoms with E-state index in [1.54, 1.807) is 0 Å². The number of benzene rings is 1. The van der Waals surface area contributed by atoms with Gasteiger partial charge in [0.1, 0.15) is 0 Å². The molecule has 1 N–H and O–H groups in total. The lowest BCUT2D eigenvalue weighted by Crippen LogP contribution is -2.33. The zero-order valence-corrected chi connectivity index (χ0v) is 10.3. The van der Waals surface area contributed by atoms with Gasteiger partial charge in [0.25, 0.3) is 5.43 Å². The van der Waals surface area contributed by atoms with Crippen molar-refractivity contribution < 1.29 is 5.11 Å². The smallest absolute Gasteiger partial charge is 0.268 e. The fourth-order valence-corrected chi connectivity index (χ4v) is 2.18. The molecular formula is C15H11NO3. The van der Waals surface area contributed by atoms with Crippen LogP contribution in [0, 0.1) is 0 Å². The lowest BCUT2D eigenvalue weighted by atomic mass is 10.0. The molecule has 19 heavy (non-hydrogen) atoms. The maximum atomic E-state index is 11.3. The summed E-state index contributed by atoms with van der Waals surface area (Å²) in [6, 6.07) is 7.84. The molecule has 1 heterocycles. The largest absolute Gasteiger partial charge is 0.504 e. The molecule has 0 spiro atoms. The molecule has 4 heteroatoms. The molecule has 0 amide bonds. The molecule has 0 radical (unpaired) electrons. The van der Waals surface area contributed by atoms with Crippen molar-refractivity contribution in [3.05, 3.63) is 67.6 Å². The molecule has 1 aliphatic rings. The number of hydrogen-bond acceptors (Lipinski definition) is 4. The van der Waals surface area contributed by atoms with Gasteiger partial charge in [-0.25, -0.2) is 0 Å². The monoisotopic (exact) mass is 253 g/mol. The third-order valence-corrected chi connectivity index (χ3v) is 3.33. The summed E-state index contributed by atoms with van der Waals surface area (Å²) in [6.45, 7) is 0. The topological polar surface area (TPSA) is 57.6 Å². The van der Waals surface area contributed by atoms with Gasteiger partial charge < -0.3 is 10.0 Å². The second-order valence-corrected chi connectivity index (χ2v) is 4.44. The van der Waals surface area contributed by atoms with Crippen LogP contribution in [-0.2, 0) is 0 Å². The molecule has 4 nitrogen and oxygen atoms in total. The molecule has 0 aromatic heterocycles. The third kappa shape index (κ3) is 1.61. The van der Waals surface area contributed by atoms with E-state index in [-0.39, 0.29) is 5.56 Å². The summed E-state index contributed by atoms with van der Waals surface area (Å²) in [5.74, 6) is -0.446. The van der Waals surface area contributed by atoms with Gasteiger partial charge in [0.15, 0.2) is 5.75 Å². The Morgan fingerprint density at radius 2 is 1.84 bits per heavy atom. The Labute approximate surface area is 109 Å². The molecule has 0 aliphatic carbocycles. The summed E-state index contributed by atoms with van der Waals surface area (Å²) in [4.78, 5) is 24.2. The number of likely N-dealkylation sites (N-methyl/N-ethyl adjacent to an activating group) is 1. The minimum Gasteiger partial charge on any atom is -0.504 e. The van der Waals surface area contributed by atoms with Crippen LogP contribution in [0.4, 0.5) is 5.69 Å². The van der Waals surface area contributed by atoms with E-state index in [4.69, 9.17) is 0 Å². The predicted molar refractivity (Wildman–Crippen MR) is 74.9 cm³/mol. The number of para-hydroxylation sites is 1. The summed E-state index contributed by atoms with van der Waals surface area (Å²) >= 11 is 0. The minimum absolute atomic E-state index is 0.0795. The van der Waals surface area contributed by atoms with Crippen molar-refractivity contribution in [2.24, 2.45) is 0 Å². The van der Waals surface area contributed by atoms with Gasteiger partial charge in [-0.05, 0) is 23.8 Å². The molecule has 2 aromatic rings. The highest BCUT2D eigenvalue weighted by molar-refractivity contribution is 5.80. The number of nitrogens with zero attached hydrogens (tertiary/aromatic N) is 1. The van der Waals surface area contributed by atoms with Crippen molar-refractivity contribution in [1.29, 1.82) is 0 Å². The van der Waals surface area contributed by atoms with Gasteiger partial charge in [0, 0.05) is 18.4 Å². The maximum absolute atomic E-state index is 11.3. The highest BCUT2D eigenvalue weighted by Gasteiger charge is 2.20. The molecular weight excluding hydrogens is 242 g/mol. The van der Waals surface area contributed by atoms with Crippen molar-refractivity contribution in [2.45, 2.75) is 0 Å². The van der Waals surface area contributed by atoms with Crippen LogP contribution in [0.1, 0.15) is 11.1 Å². The average molecular weight is 253 g/mol. The van der Waals surface area contributed by atoms with Crippen LogP contribution in [-0.4, -0.2) is 12.2 Å². The summed E-state index contributed by atoms with van der Waals surface area (Å²) in [5, 5.41) is 9.38. The molecule has 0 bridgehead atoms. The Kier molecular flexibility index (Phi) is 2.38. The van der Waals surface area contributed by atoms with Gasteiger partial charge in [-0.15, -0.1) is 0 Å². The van der Waals surface area contributed by atoms with Crippen molar-refractivity contribution in [2.75, 3.05) is 11.9 Å². The highest BCUT2D eigenvalue weighted by Crippen LogP contribution is 2.30. The summed E-state index contributed by atoms with van der Waals surface area (Å²) in [7, 11) is 1.87. The molecule has 1 aliphatic heterocycles. The Morgan fingerprint density at radius 1 is 1.11 bits per heavy atom. The number of hydrogen-bond donors (Lipinski definition) is 1. The summed E-state index contributed by atoms with van der Waals surface area (Å²) in [5.41, 5.74) is 1.48. The zero-order chi connectivity index (χ0) is 13.6. The molecule has 94 valence electrons. The molecule has 0 saturated carbocycles. The summed E-state index contributed by atoms with van der Waals surface area (Å²) in [6.07, 6.45) is 5.31. The first-order valence-corrected chi connectivity index (χ1v) is 5.84. The quantitative estimate of drug-likeness (QED) is 0.782. The van der Waals surface area contributed by atoms with Gasteiger partial charge in [-0.3, -0.25) is 9.59 Å². The predicted octanol–water partition coefficient (Wildman–Crippen LogP) is 1.49. The van der Waals surface area contributed by atoms with E-state index in [2.05, 4.69) is 0 Å². The van der Waals surface area contributed by atoms with Gasteiger partial charge in [0.05, 0.1) is 5.56 Å². The van der Waals surface area contributed by atoms with Crippen LogP contribution in [0.25, 0.3) is 12.2 Å². The molecule has 0 fully saturated rings. The van der Waals surface area contributed by atoms with E-state index < -0.39 is 16.6 Å². The fourth-order valence-electron chi connectivity index (χ4n) is 2.18. The van der Waals surface area contributed by atoms with Gasteiger partial charge in [-0.1, -0.05) is 24.3 Å². The zero-order valence-electron chi connectivity index (χ0n) is 10.3. The van der Waals surface area contributed by atoms with Crippen LogP contribution in [0.2, 0.25) is 0 Å². The first kappa shape index (κ1) is 11.5. The van der Waals surface area contributed by atoms with Gasteiger partial charge >= 0.3 is 0 Å². The van der Waals surface area contributed by atoms with Crippen LogP contribution in [0.15, 0.2) is 45.6 Å². The van der Waals surface area contributed by atoms with E-state index in [1.165, 1.54) is 6.08 Å². The van der Waals surface area contributed by atoms with Crippen molar-refractivity contribution in [1.82, 2.24) is 0 Å². The third-order valence-electron chi connectivity index (χ3n) is 3.33. The number of fused-ring (bicyclic) bond motifs is 1. The lowest BCUT2D eigenvalue weighted by Gasteiger charge is -2.26. The van der Waals surface area contributed by atoms with E-state index in [0.717, 1.165) is 16.9 Å². The normalized spacial score (nSPS) is 16.1. The Bertz CT molecular complexity index is 792. The maximum Gasteiger partial charge on any atom is 0.268 e. The second kappa shape index (κ2) is 3.95. The van der Waals surface area contributed by atoms with Crippen LogP contribution in [0.3, 0.4) is 0 Å². The Hall–Kier alpha value is -2.62. The molecule has 3 rings (SSSR count). The Balaban J connectivity index is 2.07. The van der Waals surface area contributed by atoms with Gasteiger partial charge in [-0.2, -0.15) is 0 Å². The number of anilines is 1. The fraction of sp³-hybridized carbons (Fsp3) is 0.0667. The van der Waals surface area contributed by atoms with Crippen molar-refractivity contribution in [3.8, 4) is 5.75 Å². The van der Waals surface area contributed by atoms with Crippen molar-refractivity contribution >= 4 is 17.8 Å². The second-order valence-electron chi connectivity index (χ2n) is 4.44. The number of aromatic hydroxyl groups is 1. The van der Waals surface area contributed by atoms with Crippen LogP contribution >= 0.6 is 0 Å². The number of allylic oxidation sites excluding steroid dienone is 1. The number of rotatable bonds is 1. The first-order chi connectivity index (χ1) is 9.09. The first-order valence-electron chi connectivity index (χ1n) is 5.84. The Morgan fingerprint density at radius 3 is 2.58 bits per heavy atom. The molecule has 0 atom stereocenters.